The first-order valence-electron chi connectivity index (χ1n) is 14.4. The van der Waals surface area contributed by atoms with Crippen molar-refractivity contribution in [3.05, 3.63) is 34.9 Å². The number of nitriles is 1. The van der Waals surface area contributed by atoms with Crippen LogP contribution >= 0.6 is 0 Å². The fourth-order valence-corrected chi connectivity index (χ4v) is 10.0. The highest BCUT2D eigenvalue weighted by Gasteiger charge is 2.62. The molecular weight excluding hydrogens is 446 g/mol. The molecule has 0 saturated heterocycles. The van der Waals surface area contributed by atoms with Crippen molar-refractivity contribution in [3.63, 3.8) is 0 Å². The smallest absolute Gasteiger partial charge is 0.140 e. The number of aryl methyl sites for hydroxylation is 1. The molecule has 8 atom stereocenters. The van der Waals surface area contributed by atoms with Crippen molar-refractivity contribution in [2.45, 2.75) is 97.0 Å². The van der Waals surface area contributed by atoms with Crippen LogP contribution in [-0.4, -0.2) is 30.2 Å². The zero-order valence-electron chi connectivity index (χ0n) is 22.8. The standard InChI is InChI=1S/C32H45NO3/c1-5-32-15-14-31(35,20-36-4)18-24(32)8-9-25-26-10-11-28(30(26,3)13-12-27(25)32)29(34)17-23-7-6-22(19-33)16-21(23)2/h6-7,16,24-28,35H,5,8-15,17-18,20H2,1-4H3/t24-,25-,26-,27-,28+,30-,31+,32-/m0/s1. The van der Waals surface area contributed by atoms with E-state index in [1.165, 1.54) is 38.5 Å². The Hall–Kier alpha value is -1.70. The third kappa shape index (κ3) is 4.06. The number of benzene rings is 1. The number of nitrogens with zero attached hydrogens (tertiary/aromatic N) is 1. The molecule has 0 radical (unpaired) electrons. The summed E-state index contributed by atoms with van der Waals surface area (Å²) in [5.41, 5.74) is 2.62. The van der Waals surface area contributed by atoms with Crippen LogP contribution in [0.25, 0.3) is 0 Å². The Morgan fingerprint density at radius 1 is 1.14 bits per heavy atom. The van der Waals surface area contributed by atoms with Crippen LogP contribution in [-0.2, 0) is 16.0 Å². The van der Waals surface area contributed by atoms with E-state index in [0.29, 0.717) is 41.6 Å². The van der Waals surface area contributed by atoms with E-state index in [9.17, 15) is 15.2 Å². The summed E-state index contributed by atoms with van der Waals surface area (Å²) in [7, 11) is 1.71. The first-order chi connectivity index (χ1) is 17.2. The lowest BCUT2D eigenvalue weighted by Crippen LogP contribution is -2.57. The van der Waals surface area contributed by atoms with E-state index in [-0.39, 0.29) is 11.3 Å². The Kier molecular flexibility index (Phi) is 6.88. The fourth-order valence-electron chi connectivity index (χ4n) is 10.0. The molecule has 0 aliphatic heterocycles. The van der Waals surface area contributed by atoms with E-state index in [1.54, 1.807) is 7.11 Å². The zero-order chi connectivity index (χ0) is 25.7. The van der Waals surface area contributed by atoms with Gasteiger partial charge in [-0.15, -0.1) is 0 Å². The van der Waals surface area contributed by atoms with Gasteiger partial charge in [-0.3, -0.25) is 4.79 Å². The number of hydrogen-bond acceptors (Lipinski definition) is 4. The Bertz CT molecular complexity index is 1040. The third-order valence-corrected chi connectivity index (χ3v) is 11.8. The Labute approximate surface area is 217 Å². The van der Waals surface area contributed by atoms with E-state index < -0.39 is 5.60 Å². The molecule has 4 nitrogen and oxygen atoms in total. The predicted molar refractivity (Wildman–Crippen MR) is 141 cm³/mol. The number of ketones is 1. The minimum atomic E-state index is -0.650. The summed E-state index contributed by atoms with van der Waals surface area (Å²) in [4.78, 5) is 13.7. The van der Waals surface area contributed by atoms with Gasteiger partial charge < -0.3 is 9.84 Å². The number of hydrogen-bond donors (Lipinski definition) is 1. The second-order valence-corrected chi connectivity index (χ2v) is 13.2. The van der Waals surface area contributed by atoms with Crippen LogP contribution < -0.4 is 0 Å². The maximum absolute atomic E-state index is 13.7. The summed E-state index contributed by atoms with van der Waals surface area (Å²) in [5, 5.41) is 20.4. The number of aliphatic hydroxyl groups is 1. The van der Waals surface area contributed by atoms with E-state index in [4.69, 9.17) is 4.74 Å². The van der Waals surface area contributed by atoms with Gasteiger partial charge in [0.25, 0.3) is 0 Å². The monoisotopic (exact) mass is 491 g/mol. The van der Waals surface area contributed by atoms with Crippen molar-refractivity contribution in [2.75, 3.05) is 13.7 Å². The van der Waals surface area contributed by atoms with Crippen LogP contribution in [0.1, 0.15) is 94.7 Å². The minimum absolute atomic E-state index is 0.117. The molecule has 1 aromatic carbocycles. The summed E-state index contributed by atoms with van der Waals surface area (Å²) in [5.74, 6) is 3.28. The molecule has 4 heteroatoms. The Morgan fingerprint density at radius 3 is 2.64 bits per heavy atom. The molecule has 0 heterocycles. The molecule has 4 aliphatic rings. The van der Waals surface area contributed by atoms with Gasteiger partial charge in [0.05, 0.1) is 23.8 Å². The average Bonchev–Trinajstić information content (AvgIpc) is 3.22. The molecule has 36 heavy (non-hydrogen) atoms. The van der Waals surface area contributed by atoms with Gasteiger partial charge in [-0.1, -0.05) is 19.9 Å². The third-order valence-electron chi connectivity index (χ3n) is 11.8. The molecular formula is C32H45NO3. The highest BCUT2D eigenvalue weighted by molar-refractivity contribution is 5.84. The van der Waals surface area contributed by atoms with Crippen LogP contribution in [0.2, 0.25) is 0 Å². The van der Waals surface area contributed by atoms with Gasteiger partial charge in [0.1, 0.15) is 5.78 Å². The van der Waals surface area contributed by atoms with Crippen LogP contribution in [0, 0.1) is 58.7 Å². The second-order valence-electron chi connectivity index (χ2n) is 13.2. The highest BCUT2D eigenvalue weighted by Crippen LogP contribution is 2.69. The lowest BCUT2D eigenvalue weighted by molar-refractivity contribution is -0.171. The van der Waals surface area contributed by atoms with Gasteiger partial charge in [0, 0.05) is 19.4 Å². The predicted octanol–water partition coefficient (Wildman–Crippen LogP) is 6.40. The summed E-state index contributed by atoms with van der Waals surface area (Å²) in [6.45, 7) is 7.32. The molecule has 4 saturated carbocycles. The Balaban J connectivity index is 1.34. The first kappa shape index (κ1) is 25.9. The highest BCUT2D eigenvalue weighted by atomic mass is 16.5. The van der Waals surface area contributed by atoms with Crippen LogP contribution in [0.3, 0.4) is 0 Å². The van der Waals surface area contributed by atoms with Crippen molar-refractivity contribution in [1.82, 2.24) is 0 Å². The van der Waals surface area contributed by atoms with Gasteiger partial charge in [0.15, 0.2) is 0 Å². The van der Waals surface area contributed by atoms with Crippen LogP contribution in [0.15, 0.2) is 18.2 Å². The first-order valence-corrected chi connectivity index (χ1v) is 14.4. The molecule has 0 unspecified atom stereocenters. The fraction of sp³-hybridized carbons (Fsp3) is 0.750. The van der Waals surface area contributed by atoms with E-state index in [1.807, 2.05) is 25.1 Å². The van der Waals surface area contributed by atoms with Crippen molar-refractivity contribution in [3.8, 4) is 6.07 Å². The summed E-state index contributed by atoms with van der Waals surface area (Å²) < 4.78 is 5.41. The van der Waals surface area contributed by atoms with Crippen molar-refractivity contribution in [2.24, 2.45) is 40.4 Å². The van der Waals surface area contributed by atoms with E-state index in [0.717, 1.165) is 48.6 Å². The molecule has 4 fully saturated rings. The largest absolute Gasteiger partial charge is 0.387 e. The molecule has 0 amide bonds. The lowest BCUT2D eigenvalue weighted by Gasteiger charge is -2.63. The number of ether oxygens (including phenoxy) is 1. The van der Waals surface area contributed by atoms with Gasteiger partial charge in [-0.05, 0) is 129 Å². The van der Waals surface area contributed by atoms with Crippen LogP contribution in [0.4, 0.5) is 0 Å². The number of carbonyl (C=O) groups is 1. The van der Waals surface area contributed by atoms with Crippen molar-refractivity contribution < 1.29 is 14.6 Å². The van der Waals surface area contributed by atoms with Crippen LogP contribution in [0.5, 0.6) is 0 Å². The van der Waals surface area contributed by atoms with E-state index >= 15 is 0 Å². The maximum atomic E-state index is 13.7. The number of carbonyl (C=O) groups excluding carboxylic acids is 1. The molecule has 196 valence electrons. The summed E-state index contributed by atoms with van der Waals surface area (Å²) in [6.07, 6.45) is 11.7. The van der Waals surface area contributed by atoms with Gasteiger partial charge >= 0.3 is 0 Å². The lowest BCUT2D eigenvalue weighted by atomic mass is 9.42. The quantitative estimate of drug-likeness (QED) is 0.499. The van der Waals surface area contributed by atoms with Gasteiger partial charge in [-0.25, -0.2) is 0 Å². The number of rotatable bonds is 6. The summed E-state index contributed by atoms with van der Waals surface area (Å²) >= 11 is 0. The van der Waals surface area contributed by atoms with Crippen molar-refractivity contribution >= 4 is 5.78 Å². The maximum Gasteiger partial charge on any atom is 0.140 e. The molecule has 1 aromatic rings. The molecule has 4 aliphatic carbocycles. The molecule has 0 spiro atoms. The summed E-state index contributed by atoms with van der Waals surface area (Å²) in [6, 6.07) is 7.95. The number of methoxy groups -OCH3 is 1. The Morgan fingerprint density at radius 2 is 1.94 bits per heavy atom. The minimum Gasteiger partial charge on any atom is -0.387 e. The average molecular weight is 492 g/mol. The number of Topliss-reactive ketones (excluding diaryl/α,β-unsaturated/α-hetero) is 1. The van der Waals surface area contributed by atoms with Crippen molar-refractivity contribution in [1.29, 1.82) is 5.26 Å². The van der Waals surface area contributed by atoms with Gasteiger partial charge in [-0.2, -0.15) is 5.26 Å². The number of fused-ring (bicyclic) bond motifs is 5. The SMILES string of the molecule is CC[C@]12CC[C@](O)(COC)C[C@@H]1CC[C@H]1[C@@H]3CC[C@H](C(=O)Cc4ccc(C#N)cc4C)[C@@]3(C)CC[C@@H]12. The topological polar surface area (TPSA) is 70.3 Å². The normalized spacial score (nSPS) is 41.6. The molecule has 1 N–H and O–H groups in total. The molecule has 0 bridgehead atoms. The molecule has 0 aromatic heterocycles. The van der Waals surface area contributed by atoms with E-state index in [2.05, 4.69) is 19.9 Å². The zero-order valence-corrected chi connectivity index (χ0v) is 22.8. The second kappa shape index (κ2) is 9.55. The molecule has 5 rings (SSSR count). The van der Waals surface area contributed by atoms with Gasteiger partial charge in [0.2, 0.25) is 0 Å².